The van der Waals surface area contributed by atoms with E-state index in [1.54, 1.807) is 7.11 Å². The van der Waals surface area contributed by atoms with E-state index >= 15 is 0 Å². The number of aromatic nitrogens is 1. The van der Waals surface area contributed by atoms with Crippen LogP contribution in [0.3, 0.4) is 0 Å². The molecule has 1 N–H and O–H groups in total. The molecule has 0 unspecified atom stereocenters. The van der Waals surface area contributed by atoms with E-state index in [1.807, 2.05) is 6.07 Å². The fourth-order valence-corrected chi connectivity index (χ4v) is 1.80. The quantitative estimate of drug-likeness (QED) is 0.758. The van der Waals surface area contributed by atoms with Crippen molar-refractivity contribution in [2.45, 2.75) is 65.6 Å². The highest BCUT2D eigenvalue weighted by Gasteiger charge is 2.16. The van der Waals surface area contributed by atoms with E-state index in [9.17, 15) is 0 Å². The third-order valence-electron chi connectivity index (χ3n) is 3.50. The van der Waals surface area contributed by atoms with Gasteiger partial charge in [-0.05, 0) is 31.9 Å². The summed E-state index contributed by atoms with van der Waals surface area (Å²) in [5.74, 6) is 0.710. The molecule has 1 aromatic rings. The summed E-state index contributed by atoms with van der Waals surface area (Å²) in [5, 5.41) is 3.43. The van der Waals surface area contributed by atoms with Crippen molar-refractivity contribution >= 4 is 0 Å². The number of methoxy groups -OCH3 is 1. The molecule has 0 aliphatic rings. The number of pyridine rings is 1. The Morgan fingerprint density at radius 1 is 1.29 bits per heavy atom. The second-order valence-electron chi connectivity index (χ2n) is 6.26. The zero-order valence-corrected chi connectivity index (χ0v) is 14.3. The van der Waals surface area contributed by atoms with Gasteiger partial charge in [0.2, 0.25) is 5.88 Å². The van der Waals surface area contributed by atoms with Crippen molar-refractivity contribution in [1.82, 2.24) is 10.3 Å². The molecule has 0 atom stereocenters. The Morgan fingerprint density at radius 2 is 2.00 bits per heavy atom. The molecule has 0 aliphatic heterocycles. The molecule has 0 saturated heterocycles. The van der Waals surface area contributed by atoms with Crippen molar-refractivity contribution < 1.29 is 9.47 Å². The van der Waals surface area contributed by atoms with Crippen molar-refractivity contribution in [3.63, 3.8) is 0 Å². The highest BCUT2D eigenvalue weighted by Crippen LogP contribution is 2.17. The van der Waals surface area contributed by atoms with Crippen LogP contribution >= 0.6 is 0 Å². The molecule has 21 heavy (non-hydrogen) atoms. The van der Waals surface area contributed by atoms with E-state index in [0.29, 0.717) is 18.5 Å². The highest BCUT2D eigenvalue weighted by molar-refractivity contribution is 5.25. The predicted molar refractivity (Wildman–Crippen MR) is 86.8 cm³/mol. The molecule has 0 radical (unpaired) electrons. The lowest BCUT2D eigenvalue weighted by molar-refractivity contribution is 0.00507. The Bertz CT molecular complexity index is 431. The molecule has 0 saturated carbocycles. The lowest BCUT2D eigenvalue weighted by Gasteiger charge is -2.22. The molecule has 0 spiro atoms. The normalized spacial score (nSPS) is 12.0. The van der Waals surface area contributed by atoms with Crippen LogP contribution in [-0.4, -0.2) is 30.3 Å². The van der Waals surface area contributed by atoms with Gasteiger partial charge in [-0.2, -0.15) is 0 Å². The van der Waals surface area contributed by atoms with Gasteiger partial charge in [-0.1, -0.05) is 20.8 Å². The Morgan fingerprint density at radius 3 is 2.57 bits per heavy atom. The molecule has 4 nitrogen and oxygen atoms in total. The molecule has 0 aliphatic carbocycles. The van der Waals surface area contributed by atoms with Crippen LogP contribution in [0.25, 0.3) is 0 Å². The summed E-state index contributed by atoms with van der Waals surface area (Å²) in [4.78, 5) is 4.53. The van der Waals surface area contributed by atoms with Crippen molar-refractivity contribution in [2.24, 2.45) is 0 Å². The van der Waals surface area contributed by atoms with Crippen molar-refractivity contribution in [3.8, 4) is 5.88 Å². The van der Waals surface area contributed by atoms with E-state index in [-0.39, 0.29) is 5.60 Å². The Labute approximate surface area is 129 Å². The summed E-state index contributed by atoms with van der Waals surface area (Å²) >= 11 is 0. The number of hydrogen-bond donors (Lipinski definition) is 1. The van der Waals surface area contributed by atoms with E-state index in [2.05, 4.69) is 51.0 Å². The minimum atomic E-state index is -0.162. The number of nitrogens with one attached hydrogen (secondary N) is 1. The maximum absolute atomic E-state index is 5.81. The summed E-state index contributed by atoms with van der Waals surface area (Å²) < 4.78 is 11.2. The van der Waals surface area contributed by atoms with Gasteiger partial charge >= 0.3 is 0 Å². The van der Waals surface area contributed by atoms with Gasteiger partial charge in [0.15, 0.2) is 0 Å². The van der Waals surface area contributed by atoms with E-state index < -0.39 is 0 Å². The summed E-state index contributed by atoms with van der Waals surface area (Å²) in [6.07, 6.45) is 1.75. The van der Waals surface area contributed by atoms with E-state index in [4.69, 9.17) is 9.47 Å². The first-order valence-corrected chi connectivity index (χ1v) is 7.77. The third kappa shape index (κ3) is 6.91. The Hall–Kier alpha value is -1.13. The van der Waals surface area contributed by atoms with Gasteiger partial charge in [0.1, 0.15) is 0 Å². The number of hydrogen-bond acceptors (Lipinski definition) is 4. The van der Waals surface area contributed by atoms with Crippen LogP contribution in [0.2, 0.25) is 0 Å². The fourth-order valence-electron chi connectivity index (χ4n) is 1.80. The van der Waals surface area contributed by atoms with Crippen molar-refractivity contribution in [2.75, 3.05) is 13.7 Å². The first-order valence-electron chi connectivity index (χ1n) is 7.77. The van der Waals surface area contributed by atoms with Crippen LogP contribution in [0.15, 0.2) is 12.1 Å². The first-order chi connectivity index (χ1) is 9.86. The molecular weight excluding hydrogens is 264 g/mol. The zero-order valence-electron chi connectivity index (χ0n) is 14.3. The lowest BCUT2D eigenvalue weighted by atomic mass is 10.1. The summed E-state index contributed by atoms with van der Waals surface area (Å²) in [6.45, 7) is 12.0. The lowest BCUT2D eigenvalue weighted by Crippen LogP contribution is -2.25. The maximum Gasteiger partial charge on any atom is 0.213 e. The van der Waals surface area contributed by atoms with Gasteiger partial charge in [0, 0.05) is 37.9 Å². The number of nitrogens with zero attached hydrogens (tertiary/aromatic N) is 1. The molecule has 4 heteroatoms. The zero-order chi connectivity index (χ0) is 15.9. The van der Waals surface area contributed by atoms with Gasteiger partial charge in [-0.25, -0.2) is 4.98 Å². The average Bonchev–Trinajstić information content (AvgIpc) is 2.44. The monoisotopic (exact) mass is 294 g/mol. The van der Waals surface area contributed by atoms with Gasteiger partial charge < -0.3 is 14.8 Å². The SMILES string of the molecule is CCc1cc(CNC(C)C)cc(OCCC(C)(C)OC)n1. The number of ether oxygens (including phenoxy) is 2. The van der Waals surface area contributed by atoms with Crippen LogP contribution in [0, 0.1) is 0 Å². The first kappa shape index (κ1) is 17.9. The molecule has 0 fully saturated rings. The number of aryl methyl sites for hydroxylation is 1. The van der Waals surface area contributed by atoms with Gasteiger partial charge in [0.25, 0.3) is 0 Å². The predicted octanol–water partition coefficient (Wildman–Crippen LogP) is 3.34. The van der Waals surface area contributed by atoms with E-state index in [1.165, 1.54) is 5.56 Å². The van der Waals surface area contributed by atoms with E-state index in [0.717, 1.165) is 25.1 Å². The average molecular weight is 294 g/mol. The molecule has 0 aromatic carbocycles. The fraction of sp³-hybridized carbons (Fsp3) is 0.706. The Balaban J connectivity index is 2.66. The molecule has 120 valence electrons. The van der Waals surface area contributed by atoms with Crippen molar-refractivity contribution in [1.29, 1.82) is 0 Å². The van der Waals surface area contributed by atoms with Gasteiger partial charge in [-0.3, -0.25) is 0 Å². The summed E-state index contributed by atoms with van der Waals surface area (Å²) in [7, 11) is 1.73. The summed E-state index contributed by atoms with van der Waals surface area (Å²) in [5.41, 5.74) is 2.13. The second-order valence-corrected chi connectivity index (χ2v) is 6.26. The molecule has 0 amide bonds. The standard InChI is InChI=1S/C17H30N2O2/c1-7-15-10-14(12-18-13(2)3)11-16(19-15)21-9-8-17(4,5)20-6/h10-11,13,18H,7-9,12H2,1-6H3. The molecular formula is C17H30N2O2. The minimum Gasteiger partial charge on any atom is -0.478 e. The smallest absolute Gasteiger partial charge is 0.213 e. The third-order valence-corrected chi connectivity index (χ3v) is 3.50. The number of rotatable bonds is 9. The molecule has 0 bridgehead atoms. The highest BCUT2D eigenvalue weighted by atomic mass is 16.5. The molecule has 1 heterocycles. The van der Waals surface area contributed by atoms with Crippen LogP contribution in [-0.2, 0) is 17.7 Å². The summed E-state index contributed by atoms with van der Waals surface area (Å²) in [6, 6.07) is 4.63. The van der Waals surface area contributed by atoms with Crippen LogP contribution in [0.1, 0.15) is 52.3 Å². The Kier molecular flexibility index (Phi) is 7.12. The van der Waals surface area contributed by atoms with Crippen LogP contribution < -0.4 is 10.1 Å². The van der Waals surface area contributed by atoms with Crippen molar-refractivity contribution in [3.05, 3.63) is 23.4 Å². The topological polar surface area (TPSA) is 43.4 Å². The maximum atomic E-state index is 5.81. The second kappa shape index (κ2) is 8.35. The molecule has 1 aromatic heterocycles. The van der Waals surface area contributed by atoms with Crippen LogP contribution in [0.5, 0.6) is 5.88 Å². The largest absolute Gasteiger partial charge is 0.478 e. The van der Waals surface area contributed by atoms with Crippen LogP contribution in [0.4, 0.5) is 0 Å². The van der Waals surface area contributed by atoms with Gasteiger partial charge in [0.05, 0.1) is 12.2 Å². The van der Waals surface area contributed by atoms with Gasteiger partial charge in [-0.15, -0.1) is 0 Å². The molecule has 1 rings (SSSR count). The minimum absolute atomic E-state index is 0.162.